The number of hydrogen-bond acceptors (Lipinski definition) is 8. The van der Waals surface area contributed by atoms with Crippen molar-refractivity contribution < 1.29 is 24.3 Å². The van der Waals surface area contributed by atoms with Crippen molar-refractivity contribution in [2.24, 2.45) is 0 Å². The van der Waals surface area contributed by atoms with Gasteiger partial charge in [0.05, 0.1) is 13.1 Å². The summed E-state index contributed by atoms with van der Waals surface area (Å²) in [6.07, 6.45) is 0.893. The lowest BCUT2D eigenvalue weighted by Gasteiger charge is -2.38. The number of hydrogen-bond donors (Lipinski definition) is 2. The maximum Gasteiger partial charge on any atom is 0.522 e. The van der Waals surface area contributed by atoms with Crippen molar-refractivity contribution in [1.82, 2.24) is 9.36 Å². The second kappa shape index (κ2) is 6.19. The van der Waals surface area contributed by atoms with Crippen LogP contribution in [-0.4, -0.2) is 51.8 Å². The molecule has 8 nitrogen and oxygen atoms in total. The third kappa shape index (κ3) is 3.02. The Morgan fingerprint density at radius 3 is 2.96 bits per heavy atom. The zero-order valence-electron chi connectivity index (χ0n) is 13.5. The summed E-state index contributed by atoms with van der Waals surface area (Å²) in [6, 6.07) is 3.47. The minimum atomic E-state index is -1.13. The quantitative estimate of drug-likeness (QED) is 0.784. The fourth-order valence-electron chi connectivity index (χ4n) is 2.98. The number of rotatable bonds is 4. The Kier molecular flexibility index (Phi) is 4.00. The summed E-state index contributed by atoms with van der Waals surface area (Å²) < 4.78 is 15.4. The molecule has 4 rings (SSSR count). The molecule has 0 amide bonds. The maximum atomic E-state index is 11.7. The van der Waals surface area contributed by atoms with Gasteiger partial charge in [0.15, 0.2) is 0 Å². The molecular weight excluding hydrogens is 345 g/mol. The summed E-state index contributed by atoms with van der Waals surface area (Å²) in [5, 5.41) is 20.1. The highest BCUT2D eigenvalue weighted by Gasteiger charge is 2.34. The summed E-state index contributed by atoms with van der Waals surface area (Å²) in [4.78, 5) is 18.1. The van der Waals surface area contributed by atoms with Gasteiger partial charge in [-0.2, -0.15) is 4.37 Å². The van der Waals surface area contributed by atoms with Crippen LogP contribution >= 0.6 is 11.5 Å². The molecule has 1 aromatic heterocycles. The molecule has 130 valence electrons. The normalized spacial score (nSPS) is 16.9. The van der Waals surface area contributed by atoms with Crippen LogP contribution in [0.3, 0.4) is 0 Å². The van der Waals surface area contributed by atoms with E-state index >= 15 is 0 Å². The number of carboxylic acid groups (broad SMARTS) is 1. The zero-order chi connectivity index (χ0) is 17.6. The standard InChI is InChI=1S/C15H16BN3O5S/c1-8-17-15(25-18-8)19-6-10(7-19)23-11-3-2-9-4-5-16(22)24-13(9)12(11)14(20)21/h2-3,10,22H,4-7H2,1H3,(H,20,21). The lowest BCUT2D eigenvalue weighted by Crippen LogP contribution is -2.54. The van der Waals surface area contributed by atoms with E-state index < -0.39 is 13.1 Å². The van der Waals surface area contributed by atoms with E-state index in [1.54, 1.807) is 12.1 Å². The zero-order valence-corrected chi connectivity index (χ0v) is 14.3. The van der Waals surface area contributed by atoms with Crippen molar-refractivity contribution in [3.8, 4) is 11.5 Å². The number of nitrogens with zero attached hydrogens (tertiary/aromatic N) is 3. The van der Waals surface area contributed by atoms with Crippen LogP contribution in [0, 0.1) is 6.92 Å². The second-order valence-corrected chi connectivity index (χ2v) is 6.84. The predicted molar refractivity (Wildman–Crippen MR) is 91.8 cm³/mol. The molecule has 1 aromatic carbocycles. The van der Waals surface area contributed by atoms with E-state index in [4.69, 9.17) is 9.39 Å². The van der Waals surface area contributed by atoms with E-state index in [-0.39, 0.29) is 23.2 Å². The summed E-state index contributed by atoms with van der Waals surface area (Å²) in [5.41, 5.74) is 0.746. The number of aryl methyl sites for hydroxylation is 2. The Morgan fingerprint density at radius 1 is 1.48 bits per heavy atom. The first-order valence-electron chi connectivity index (χ1n) is 7.97. The number of benzene rings is 1. The van der Waals surface area contributed by atoms with Gasteiger partial charge in [-0.15, -0.1) is 0 Å². The highest BCUT2D eigenvalue weighted by molar-refractivity contribution is 7.09. The predicted octanol–water partition coefficient (Wildman–Crippen LogP) is 1.23. The number of aromatic carboxylic acids is 1. The van der Waals surface area contributed by atoms with E-state index in [1.807, 2.05) is 11.8 Å². The van der Waals surface area contributed by atoms with Crippen LogP contribution in [0.4, 0.5) is 5.13 Å². The smallest absolute Gasteiger partial charge is 0.522 e. The molecule has 2 aromatic rings. The summed E-state index contributed by atoms with van der Waals surface area (Å²) in [7, 11) is -0.985. The van der Waals surface area contributed by atoms with Crippen LogP contribution in [0.5, 0.6) is 11.5 Å². The van der Waals surface area contributed by atoms with E-state index in [1.165, 1.54) is 11.5 Å². The number of carbonyl (C=O) groups is 1. The van der Waals surface area contributed by atoms with Gasteiger partial charge < -0.3 is 24.4 Å². The van der Waals surface area contributed by atoms with Crippen LogP contribution < -0.4 is 14.3 Å². The molecule has 0 atom stereocenters. The van der Waals surface area contributed by atoms with E-state index in [0.29, 0.717) is 25.8 Å². The molecule has 10 heteroatoms. The molecule has 0 aliphatic carbocycles. The third-order valence-electron chi connectivity index (χ3n) is 4.26. The Balaban J connectivity index is 1.51. The van der Waals surface area contributed by atoms with Gasteiger partial charge >= 0.3 is 13.1 Å². The molecule has 3 heterocycles. The first-order valence-corrected chi connectivity index (χ1v) is 8.74. The number of anilines is 1. The molecule has 0 unspecified atom stereocenters. The van der Waals surface area contributed by atoms with Gasteiger partial charge in [0, 0.05) is 11.5 Å². The third-order valence-corrected chi connectivity index (χ3v) is 5.13. The molecule has 0 spiro atoms. The number of aromatic nitrogens is 2. The van der Waals surface area contributed by atoms with Crippen molar-refractivity contribution in [1.29, 1.82) is 0 Å². The molecule has 0 saturated carbocycles. The average molecular weight is 361 g/mol. The molecule has 2 aliphatic rings. The van der Waals surface area contributed by atoms with E-state index in [2.05, 4.69) is 9.36 Å². The Hall–Kier alpha value is -2.33. The molecule has 0 radical (unpaired) electrons. The van der Waals surface area contributed by atoms with Gasteiger partial charge in [0.25, 0.3) is 0 Å². The Labute approximate surface area is 148 Å². The van der Waals surface area contributed by atoms with Gasteiger partial charge in [0.2, 0.25) is 5.13 Å². The highest BCUT2D eigenvalue weighted by atomic mass is 32.1. The minimum absolute atomic E-state index is 0.0264. The summed E-state index contributed by atoms with van der Waals surface area (Å²) in [6.45, 7) is 3.08. The van der Waals surface area contributed by atoms with E-state index in [0.717, 1.165) is 16.5 Å². The van der Waals surface area contributed by atoms with E-state index in [9.17, 15) is 14.9 Å². The largest absolute Gasteiger partial charge is 0.535 e. The van der Waals surface area contributed by atoms with Gasteiger partial charge in [-0.3, -0.25) is 0 Å². The fraction of sp³-hybridized carbons (Fsp3) is 0.400. The number of fused-ring (bicyclic) bond motifs is 1. The van der Waals surface area contributed by atoms with Crippen molar-refractivity contribution in [3.63, 3.8) is 0 Å². The maximum absolute atomic E-state index is 11.7. The monoisotopic (exact) mass is 361 g/mol. The minimum Gasteiger partial charge on any atom is -0.535 e. The first kappa shape index (κ1) is 16.2. The lowest BCUT2D eigenvalue weighted by molar-refractivity contribution is 0.0684. The Bertz CT molecular complexity index is 823. The van der Waals surface area contributed by atoms with Crippen LogP contribution in [-0.2, 0) is 6.42 Å². The van der Waals surface area contributed by atoms with Crippen molar-refractivity contribution in [2.75, 3.05) is 18.0 Å². The molecule has 2 aliphatic heterocycles. The summed E-state index contributed by atoms with van der Waals surface area (Å²) in [5.74, 6) is 0.0814. The van der Waals surface area contributed by atoms with Crippen LogP contribution in [0.25, 0.3) is 0 Å². The molecule has 1 saturated heterocycles. The van der Waals surface area contributed by atoms with Gasteiger partial charge in [-0.25, -0.2) is 9.78 Å². The molecular formula is C15H16BN3O5S. The van der Waals surface area contributed by atoms with Crippen LogP contribution in [0.1, 0.15) is 21.7 Å². The number of ether oxygens (including phenoxy) is 1. The fourth-order valence-corrected chi connectivity index (χ4v) is 3.67. The van der Waals surface area contributed by atoms with Gasteiger partial charge in [0.1, 0.15) is 29.0 Å². The lowest BCUT2D eigenvalue weighted by atomic mass is 9.78. The topological polar surface area (TPSA) is 105 Å². The van der Waals surface area contributed by atoms with Gasteiger partial charge in [-0.05, 0) is 31.3 Å². The molecule has 1 fully saturated rings. The SMILES string of the molecule is Cc1nsc(N2CC(Oc3ccc4c(c3C(=O)O)OB(O)CC4)C2)n1. The van der Waals surface area contributed by atoms with Crippen molar-refractivity contribution in [3.05, 3.63) is 29.1 Å². The number of carboxylic acids is 1. The van der Waals surface area contributed by atoms with Gasteiger partial charge in [-0.1, -0.05) is 6.07 Å². The first-order chi connectivity index (χ1) is 12.0. The van der Waals surface area contributed by atoms with Crippen molar-refractivity contribution >= 4 is 29.8 Å². The van der Waals surface area contributed by atoms with Crippen molar-refractivity contribution in [2.45, 2.75) is 25.8 Å². The molecule has 2 N–H and O–H groups in total. The van der Waals surface area contributed by atoms with Crippen LogP contribution in [0.2, 0.25) is 6.32 Å². The summed E-state index contributed by atoms with van der Waals surface area (Å²) >= 11 is 1.34. The molecule has 25 heavy (non-hydrogen) atoms. The highest BCUT2D eigenvalue weighted by Crippen LogP contribution is 2.37. The average Bonchev–Trinajstić information content (AvgIpc) is 2.95. The van der Waals surface area contributed by atoms with Crippen LogP contribution in [0.15, 0.2) is 12.1 Å². The second-order valence-electron chi connectivity index (χ2n) is 6.11. The molecule has 0 bridgehead atoms. The Morgan fingerprint density at radius 2 is 2.28 bits per heavy atom.